The molecule has 1 heterocycles. The lowest BCUT2D eigenvalue weighted by atomic mass is 10.2. The van der Waals surface area contributed by atoms with Gasteiger partial charge in [-0.25, -0.2) is 4.39 Å². The molecular weight excluding hydrogens is 311 g/mol. The van der Waals surface area contributed by atoms with Crippen LogP contribution >= 0.6 is 11.8 Å². The lowest BCUT2D eigenvalue weighted by molar-refractivity contribution is 0.617. The molecule has 0 atom stereocenters. The zero-order chi connectivity index (χ0) is 16.2. The van der Waals surface area contributed by atoms with Gasteiger partial charge in [-0.1, -0.05) is 42.1 Å². The van der Waals surface area contributed by atoms with Gasteiger partial charge in [0.2, 0.25) is 0 Å². The number of hydrogen-bond acceptors (Lipinski definition) is 4. The average molecular weight is 328 g/mol. The van der Waals surface area contributed by atoms with E-state index in [0.29, 0.717) is 17.0 Å². The largest absolute Gasteiger partial charge is 0.399 e. The van der Waals surface area contributed by atoms with Crippen molar-refractivity contribution in [3.8, 4) is 11.4 Å². The summed E-state index contributed by atoms with van der Waals surface area (Å²) in [5.41, 5.74) is 8.12. The van der Waals surface area contributed by atoms with E-state index in [-0.39, 0.29) is 5.82 Å². The highest BCUT2D eigenvalue weighted by atomic mass is 32.2. The van der Waals surface area contributed by atoms with Crippen molar-refractivity contribution < 1.29 is 4.39 Å². The molecule has 1 aromatic heterocycles. The number of halogens is 1. The molecule has 0 bridgehead atoms. The molecule has 3 rings (SSSR count). The van der Waals surface area contributed by atoms with Crippen molar-refractivity contribution in [2.45, 2.75) is 24.4 Å². The van der Waals surface area contributed by atoms with Crippen LogP contribution in [0.3, 0.4) is 0 Å². The van der Waals surface area contributed by atoms with Crippen LogP contribution in [0.2, 0.25) is 0 Å². The fourth-order valence-electron chi connectivity index (χ4n) is 2.33. The van der Waals surface area contributed by atoms with E-state index in [1.807, 2.05) is 41.8 Å². The molecule has 118 valence electrons. The number of nitrogens with two attached hydrogens (primary N) is 1. The Hall–Kier alpha value is -2.34. The summed E-state index contributed by atoms with van der Waals surface area (Å²) < 4.78 is 15.7. The summed E-state index contributed by atoms with van der Waals surface area (Å²) in [7, 11) is 0. The average Bonchev–Trinajstić information content (AvgIpc) is 2.97. The minimum atomic E-state index is -0.196. The molecule has 0 aliphatic rings. The maximum Gasteiger partial charge on any atom is 0.191 e. The summed E-state index contributed by atoms with van der Waals surface area (Å²) in [4.78, 5) is 0. The van der Waals surface area contributed by atoms with Crippen LogP contribution in [0.25, 0.3) is 11.4 Å². The first kappa shape index (κ1) is 15.6. The first-order valence-electron chi connectivity index (χ1n) is 7.34. The van der Waals surface area contributed by atoms with Crippen LogP contribution in [0.15, 0.2) is 53.7 Å². The van der Waals surface area contributed by atoms with Crippen LogP contribution in [0.4, 0.5) is 10.1 Å². The maximum atomic E-state index is 13.7. The molecule has 0 saturated heterocycles. The highest BCUT2D eigenvalue weighted by Gasteiger charge is 2.14. The third kappa shape index (κ3) is 3.37. The fraction of sp³-hybridized carbons (Fsp3) is 0.176. The smallest absolute Gasteiger partial charge is 0.191 e. The predicted molar refractivity (Wildman–Crippen MR) is 91.5 cm³/mol. The van der Waals surface area contributed by atoms with E-state index in [9.17, 15) is 4.39 Å². The van der Waals surface area contributed by atoms with Crippen molar-refractivity contribution in [1.29, 1.82) is 0 Å². The van der Waals surface area contributed by atoms with Crippen LogP contribution in [0.1, 0.15) is 12.5 Å². The lowest BCUT2D eigenvalue weighted by Gasteiger charge is -2.08. The van der Waals surface area contributed by atoms with Gasteiger partial charge in [0.15, 0.2) is 11.0 Å². The van der Waals surface area contributed by atoms with Gasteiger partial charge in [0.1, 0.15) is 5.82 Å². The van der Waals surface area contributed by atoms with E-state index in [1.165, 1.54) is 17.8 Å². The number of rotatable bonds is 5. The number of nitrogen functional groups attached to an aromatic ring is 1. The SMILES string of the molecule is CCn1c(SCc2ccccc2F)nnc1-c1cccc(N)c1. The zero-order valence-corrected chi connectivity index (χ0v) is 13.6. The molecular formula is C17H17FN4S. The summed E-state index contributed by atoms with van der Waals surface area (Å²) >= 11 is 1.48. The lowest BCUT2D eigenvalue weighted by Crippen LogP contribution is -2.00. The van der Waals surface area contributed by atoms with Crippen LogP contribution in [0, 0.1) is 5.82 Å². The van der Waals surface area contributed by atoms with Crippen molar-refractivity contribution in [3.63, 3.8) is 0 Å². The van der Waals surface area contributed by atoms with Gasteiger partial charge >= 0.3 is 0 Å². The van der Waals surface area contributed by atoms with E-state index in [1.54, 1.807) is 12.1 Å². The van der Waals surface area contributed by atoms with Gasteiger partial charge in [-0.05, 0) is 30.7 Å². The molecule has 0 spiro atoms. The topological polar surface area (TPSA) is 56.7 Å². The third-order valence-corrected chi connectivity index (χ3v) is 4.51. The molecule has 23 heavy (non-hydrogen) atoms. The van der Waals surface area contributed by atoms with E-state index in [2.05, 4.69) is 10.2 Å². The first-order valence-corrected chi connectivity index (χ1v) is 8.33. The summed E-state index contributed by atoms with van der Waals surface area (Å²) in [6.07, 6.45) is 0. The normalized spacial score (nSPS) is 10.9. The van der Waals surface area contributed by atoms with Gasteiger partial charge in [0, 0.05) is 23.5 Å². The maximum absolute atomic E-state index is 13.7. The van der Waals surface area contributed by atoms with Gasteiger partial charge in [0.25, 0.3) is 0 Å². The van der Waals surface area contributed by atoms with Gasteiger partial charge in [-0.3, -0.25) is 0 Å². The molecule has 2 N–H and O–H groups in total. The van der Waals surface area contributed by atoms with Gasteiger partial charge < -0.3 is 10.3 Å². The van der Waals surface area contributed by atoms with Crippen molar-refractivity contribution in [3.05, 3.63) is 59.9 Å². The standard InChI is InChI=1S/C17H17FN4S/c1-2-22-16(12-7-5-8-14(19)10-12)20-21-17(22)23-11-13-6-3-4-9-15(13)18/h3-10H,2,11,19H2,1H3. The summed E-state index contributed by atoms with van der Waals surface area (Å²) in [6.45, 7) is 2.77. The molecule has 0 saturated carbocycles. The Bertz CT molecular complexity index is 816. The Kier molecular flexibility index (Phi) is 4.62. The number of thioether (sulfide) groups is 1. The van der Waals surface area contributed by atoms with Crippen molar-refractivity contribution in [1.82, 2.24) is 14.8 Å². The third-order valence-electron chi connectivity index (χ3n) is 3.49. The van der Waals surface area contributed by atoms with E-state index in [4.69, 9.17) is 5.73 Å². The second kappa shape index (κ2) is 6.83. The summed E-state index contributed by atoms with van der Waals surface area (Å²) in [6, 6.07) is 14.3. The number of aromatic nitrogens is 3. The summed E-state index contributed by atoms with van der Waals surface area (Å²) in [5.74, 6) is 1.09. The Morgan fingerprint density at radius 2 is 1.96 bits per heavy atom. The first-order chi connectivity index (χ1) is 11.2. The van der Waals surface area contributed by atoms with Crippen molar-refractivity contribution in [2.75, 3.05) is 5.73 Å². The Balaban J connectivity index is 1.85. The Morgan fingerprint density at radius 1 is 1.13 bits per heavy atom. The monoisotopic (exact) mass is 328 g/mol. The minimum absolute atomic E-state index is 0.196. The molecule has 6 heteroatoms. The van der Waals surface area contributed by atoms with E-state index < -0.39 is 0 Å². The molecule has 4 nitrogen and oxygen atoms in total. The van der Waals surface area contributed by atoms with Crippen LogP contribution < -0.4 is 5.73 Å². The highest BCUT2D eigenvalue weighted by Crippen LogP contribution is 2.27. The van der Waals surface area contributed by atoms with E-state index in [0.717, 1.165) is 23.1 Å². The number of benzene rings is 2. The molecule has 3 aromatic rings. The number of hydrogen-bond donors (Lipinski definition) is 1. The molecule has 0 fully saturated rings. The highest BCUT2D eigenvalue weighted by molar-refractivity contribution is 7.98. The fourth-order valence-corrected chi connectivity index (χ4v) is 3.32. The van der Waals surface area contributed by atoms with Crippen molar-refractivity contribution >= 4 is 17.4 Å². The molecule has 2 aromatic carbocycles. The quantitative estimate of drug-likeness (QED) is 0.568. The minimum Gasteiger partial charge on any atom is -0.399 e. The van der Waals surface area contributed by atoms with Crippen LogP contribution in [-0.4, -0.2) is 14.8 Å². The molecule has 0 aliphatic carbocycles. The predicted octanol–water partition coefficient (Wildman–Crippen LogP) is 3.98. The molecule has 0 unspecified atom stereocenters. The Morgan fingerprint density at radius 3 is 2.70 bits per heavy atom. The Labute approximate surface area is 138 Å². The van der Waals surface area contributed by atoms with Crippen LogP contribution in [0.5, 0.6) is 0 Å². The van der Waals surface area contributed by atoms with Gasteiger partial charge in [0.05, 0.1) is 0 Å². The van der Waals surface area contributed by atoms with E-state index >= 15 is 0 Å². The molecule has 0 aliphatic heterocycles. The van der Waals surface area contributed by atoms with Crippen LogP contribution in [-0.2, 0) is 12.3 Å². The summed E-state index contributed by atoms with van der Waals surface area (Å²) in [5, 5.41) is 9.30. The van der Waals surface area contributed by atoms with Gasteiger partial charge in [-0.2, -0.15) is 0 Å². The molecule has 0 amide bonds. The second-order valence-corrected chi connectivity index (χ2v) is 6.00. The second-order valence-electron chi connectivity index (χ2n) is 5.06. The zero-order valence-electron chi connectivity index (χ0n) is 12.7. The van der Waals surface area contributed by atoms with Gasteiger partial charge in [-0.15, -0.1) is 10.2 Å². The number of nitrogens with zero attached hydrogens (tertiary/aromatic N) is 3. The molecule has 0 radical (unpaired) electrons. The van der Waals surface area contributed by atoms with Crippen molar-refractivity contribution in [2.24, 2.45) is 0 Å². The number of anilines is 1.